The number of ether oxygens (including phenoxy) is 2. The molecule has 0 aromatic heterocycles. The molecule has 0 unspecified atom stereocenters. The molecular formula is C19H26N2O3. The maximum absolute atomic E-state index is 12.4. The van der Waals surface area contributed by atoms with Crippen LogP contribution in [0, 0.1) is 16.7 Å². The fraction of sp³-hybridized carbons (Fsp3) is 0.579. The highest BCUT2D eigenvalue weighted by molar-refractivity contribution is 5.98. The fourth-order valence-corrected chi connectivity index (χ4v) is 4.26. The summed E-state index contributed by atoms with van der Waals surface area (Å²) < 4.78 is 10.4. The number of carbonyl (C=O) groups is 1. The van der Waals surface area contributed by atoms with E-state index >= 15 is 0 Å². The Bertz CT molecular complexity index is 696. The predicted octanol–water partition coefficient (Wildman–Crippen LogP) is 3.64. The number of nitrogens with one attached hydrogen (secondary N) is 1. The monoisotopic (exact) mass is 330 g/mol. The van der Waals surface area contributed by atoms with E-state index in [1.807, 2.05) is 0 Å². The number of fused-ring (bicyclic) bond motifs is 2. The Balaban J connectivity index is 1.77. The lowest BCUT2D eigenvalue weighted by Gasteiger charge is -2.34. The van der Waals surface area contributed by atoms with Gasteiger partial charge >= 0.3 is 0 Å². The van der Waals surface area contributed by atoms with Crippen LogP contribution in [0.3, 0.4) is 0 Å². The van der Waals surface area contributed by atoms with Gasteiger partial charge in [0.05, 0.1) is 14.2 Å². The maximum atomic E-state index is 12.4. The molecule has 2 aliphatic carbocycles. The van der Waals surface area contributed by atoms with E-state index in [0.717, 1.165) is 18.6 Å². The van der Waals surface area contributed by atoms with Crippen LogP contribution >= 0.6 is 0 Å². The summed E-state index contributed by atoms with van der Waals surface area (Å²) in [6, 6.07) is 5.10. The normalized spacial score (nSPS) is 28.9. The molecule has 1 N–H and O–H groups in total. The average Bonchev–Trinajstić information content (AvgIpc) is 2.92. The molecule has 2 aliphatic rings. The van der Waals surface area contributed by atoms with Crippen LogP contribution in [0.4, 0.5) is 0 Å². The minimum atomic E-state index is -0.229. The van der Waals surface area contributed by atoms with E-state index in [9.17, 15) is 4.79 Å². The van der Waals surface area contributed by atoms with Crippen LogP contribution in [-0.2, 0) is 0 Å². The lowest BCUT2D eigenvalue weighted by molar-refractivity contribution is 0.0953. The average molecular weight is 330 g/mol. The van der Waals surface area contributed by atoms with Gasteiger partial charge in [-0.3, -0.25) is 4.79 Å². The van der Waals surface area contributed by atoms with Gasteiger partial charge in [0, 0.05) is 16.7 Å². The fourth-order valence-electron chi connectivity index (χ4n) is 4.26. The van der Waals surface area contributed by atoms with Gasteiger partial charge in [-0.25, -0.2) is 5.43 Å². The molecule has 24 heavy (non-hydrogen) atoms. The van der Waals surface area contributed by atoms with E-state index in [1.54, 1.807) is 32.4 Å². The first-order chi connectivity index (χ1) is 11.3. The van der Waals surface area contributed by atoms with E-state index in [2.05, 4.69) is 31.3 Å². The minimum Gasteiger partial charge on any atom is -0.493 e. The highest BCUT2D eigenvalue weighted by atomic mass is 16.5. The lowest BCUT2D eigenvalue weighted by Crippen LogP contribution is -2.34. The molecule has 2 saturated carbocycles. The maximum Gasteiger partial charge on any atom is 0.271 e. The summed E-state index contributed by atoms with van der Waals surface area (Å²) in [5.74, 6) is 1.57. The molecule has 130 valence electrons. The Morgan fingerprint density at radius 3 is 2.46 bits per heavy atom. The molecule has 3 rings (SSSR count). The van der Waals surface area contributed by atoms with Crippen molar-refractivity contribution in [3.05, 3.63) is 23.8 Å². The topological polar surface area (TPSA) is 59.9 Å². The lowest BCUT2D eigenvalue weighted by atomic mass is 9.70. The first-order valence-electron chi connectivity index (χ1n) is 8.43. The van der Waals surface area contributed by atoms with Crippen molar-refractivity contribution in [3.63, 3.8) is 0 Å². The van der Waals surface area contributed by atoms with Gasteiger partial charge < -0.3 is 9.47 Å². The minimum absolute atomic E-state index is 0.0859. The van der Waals surface area contributed by atoms with Gasteiger partial charge in [-0.1, -0.05) is 20.8 Å². The van der Waals surface area contributed by atoms with Crippen LogP contribution in [-0.4, -0.2) is 25.8 Å². The largest absolute Gasteiger partial charge is 0.493 e. The summed E-state index contributed by atoms with van der Waals surface area (Å²) in [5, 5.41) is 4.49. The van der Waals surface area contributed by atoms with Crippen molar-refractivity contribution >= 4 is 11.6 Å². The van der Waals surface area contributed by atoms with Crippen molar-refractivity contribution < 1.29 is 14.3 Å². The molecular weight excluding hydrogens is 304 g/mol. The quantitative estimate of drug-likeness (QED) is 0.858. The molecule has 0 saturated heterocycles. The first kappa shape index (κ1) is 16.8. The number of rotatable bonds is 4. The van der Waals surface area contributed by atoms with Crippen molar-refractivity contribution in [3.8, 4) is 11.5 Å². The Hall–Kier alpha value is -2.04. The first-order valence-corrected chi connectivity index (χ1v) is 8.43. The highest BCUT2D eigenvalue weighted by Gasteiger charge is 2.60. The zero-order valence-corrected chi connectivity index (χ0v) is 15.1. The second kappa shape index (κ2) is 5.80. The van der Waals surface area contributed by atoms with Crippen LogP contribution in [0.15, 0.2) is 23.3 Å². The van der Waals surface area contributed by atoms with Gasteiger partial charge in [0.1, 0.15) is 0 Å². The van der Waals surface area contributed by atoms with E-state index < -0.39 is 0 Å². The second-order valence-corrected chi connectivity index (χ2v) is 7.56. The summed E-state index contributed by atoms with van der Waals surface area (Å²) in [6.07, 6.45) is 3.39. The van der Waals surface area contributed by atoms with E-state index in [-0.39, 0.29) is 16.7 Å². The molecule has 5 heteroatoms. The molecule has 0 aliphatic heterocycles. The van der Waals surface area contributed by atoms with Crippen LogP contribution < -0.4 is 14.9 Å². The third-order valence-electron chi connectivity index (χ3n) is 6.45. The molecule has 1 aromatic carbocycles. The number of hydrogen-bond donors (Lipinski definition) is 1. The van der Waals surface area contributed by atoms with Crippen LogP contribution in [0.1, 0.15) is 50.4 Å². The molecule has 5 nitrogen and oxygen atoms in total. The molecule has 0 spiro atoms. The summed E-state index contributed by atoms with van der Waals surface area (Å²) in [7, 11) is 3.12. The Morgan fingerprint density at radius 1 is 1.21 bits per heavy atom. The number of carbonyl (C=O) groups excluding carboxylic acids is 1. The van der Waals surface area contributed by atoms with Gasteiger partial charge in [-0.15, -0.1) is 0 Å². The van der Waals surface area contributed by atoms with Crippen molar-refractivity contribution in [2.24, 2.45) is 21.8 Å². The molecule has 1 amide bonds. The number of amides is 1. The van der Waals surface area contributed by atoms with Crippen molar-refractivity contribution in [1.82, 2.24) is 5.43 Å². The molecule has 0 heterocycles. The van der Waals surface area contributed by atoms with E-state index in [1.165, 1.54) is 6.42 Å². The van der Waals surface area contributed by atoms with Gasteiger partial charge in [0.25, 0.3) is 5.91 Å². The summed E-state index contributed by atoms with van der Waals surface area (Å²) in [6.45, 7) is 6.92. The molecule has 1 aromatic rings. The Labute approximate surface area is 143 Å². The highest BCUT2D eigenvalue weighted by Crippen LogP contribution is 2.63. The molecule has 2 bridgehead atoms. The summed E-state index contributed by atoms with van der Waals surface area (Å²) >= 11 is 0. The number of methoxy groups -OCH3 is 2. The smallest absolute Gasteiger partial charge is 0.271 e. The number of benzene rings is 1. The number of nitrogens with zero attached hydrogens (tertiary/aromatic N) is 1. The summed E-state index contributed by atoms with van der Waals surface area (Å²) in [4.78, 5) is 12.4. The summed E-state index contributed by atoms with van der Waals surface area (Å²) in [5.41, 5.74) is 4.69. The zero-order valence-electron chi connectivity index (χ0n) is 15.1. The van der Waals surface area contributed by atoms with Gasteiger partial charge in [-0.05, 0) is 48.8 Å². The second-order valence-electron chi connectivity index (χ2n) is 7.56. The van der Waals surface area contributed by atoms with Crippen LogP contribution in [0.5, 0.6) is 11.5 Å². The Kier molecular flexibility index (Phi) is 4.06. The van der Waals surface area contributed by atoms with Gasteiger partial charge in [-0.2, -0.15) is 5.10 Å². The SMILES string of the molecule is COc1ccc(C(=O)N/N=C2/C[C@H]3CC[C@@]2(C)C3(C)C)cc1OC. The third-order valence-corrected chi connectivity index (χ3v) is 6.45. The van der Waals surface area contributed by atoms with Gasteiger partial charge in [0.15, 0.2) is 11.5 Å². The van der Waals surface area contributed by atoms with Crippen LogP contribution in [0.25, 0.3) is 0 Å². The zero-order chi connectivity index (χ0) is 17.5. The van der Waals surface area contributed by atoms with Crippen molar-refractivity contribution in [2.75, 3.05) is 14.2 Å². The van der Waals surface area contributed by atoms with Crippen molar-refractivity contribution in [1.29, 1.82) is 0 Å². The Morgan fingerprint density at radius 2 is 1.92 bits per heavy atom. The molecule has 2 fully saturated rings. The predicted molar refractivity (Wildman–Crippen MR) is 93.7 cm³/mol. The molecule has 0 radical (unpaired) electrons. The number of hydrazone groups is 1. The van der Waals surface area contributed by atoms with Gasteiger partial charge in [0.2, 0.25) is 0 Å². The number of hydrogen-bond acceptors (Lipinski definition) is 4. The van der Waals surface area contributed by atoms with Crippen molar-refractivity contribution in [2.45, 2.75) is 40.0 Å². The standard InChI is InChI=1S/C19H26N2O3/c1-18(2)13-8-9-19(18,3)16(11-13)20-21-17(22)12-6-7-14(23-4)15(10-12)24-5/h6-7,10,13H,8-9,11H2,1-5H3,(H,21,22)/b20-16-/t13-,19-/m1/s1. The third kappa shape index (κ3) is 2.38. The van der Waals surface area contributed by atoms with E-state index in [4.69, 9.17) is 9.47 Å². The molecule has 2 atom stereocenters. The van der Waals surface area contributed by atoms with Crippen LogP contribution in [0.2, 0.25) is 0 Å². The van der Waals surface area contributed by atoms with E-state index in [0.29, 0.717) is 23.0 Å².